The molecule has 0 radical (unpaired) electrons. The fourth-order valence-corrected chi connectivity index (χ4v) is 1.78. The van der Waals surface area contributed by atoms with Crippen LogP contribution in [0.4, 0.5) is 0 Å². The van der Waals surface area contributed by atoms with Crippen LogP contribution in [-0.2, 0) is 10.3 Å². The van der Waals surface area contributed by atoms with Crippen LogP contribution >= 0.6 is 0 Å². The molecule has 1 heterocycles. The van der Waals surface area contributed by atoms with Gasteiger partial charge < -0.3 is 9.47 Å². The lowest BCUT2D eigenvalue weighted by Crippen LogP contribution is -2.16. The van der Waals surface area contributed by atoms with E-state index >= 15 is 0 Å². The van der Waals surface area contributed by atoms with Gasteiger partial charge in [-0.25, -0.2) is 0 Å². The third-order valence-electron chi connectivity index (χ3n) is 2.97. The van der Waals surface area contributed by atoms with Crippen LogP contribution in [0.5, 0.6) is 5.75 Å². The maximum Gasteiger partial charge on any atom is 0.119 e. The van der Waals surface area contributed by atoms with Crippen molar-refractivity contribution < 1.29 is 9.47 Å². The number of ether oxygens (including phenoxy) is 2. The summed E-state index contributed by atoms with van der Waals surface area (Å²) in [5, 5.41) is 0. The summed E-state index contributed by atoms with van der Waals surface area (Å²) in [5.41, 5.74) is 1.24. The number of hydrogen-bond acceptors (Lipinski definition) is 2. The quantitative estimate of drug-likeness (QED) is 0.686. The van der Waals surface area contributed by atoms with Gasteiger partial charge in [0.15, 0.2) is 0 Å². The molecule has 1 saturated heterocycles. The Kier molecular flexibility index (Phi) is 2.23. The van der Waals surface area contributed by atoms with E-state index in [4.69, 9.17) is 9.47 Å². The van der Waals surface area contributed by atoms with E-state index in [1.165, 1.54) is 5.56 Å². The van der Waals surface area contributed by atoms with Crippen LogP contribution in [-0.4, -0.2) is 13.7 Å². The highest BCUT2D eigenvalue weighted by molar-refractivity contribution is 5.33. The summed E-state index contributed by atoms with van der Waals surface area (Å²) in [6.45, 7) is 5.23. The zero-order chi connectivity index (χ0) is 10.2. The van der Waals surface area contributed by atoms with E-state index in [9.17, 15) is 0 Å². The monoisotopic (exact) mass is 192 g/mol. The molecule has 0 aliphatic carbocycles. The van der Waals surface area contributed by atoms with Gasteiger partial charge >= 0.3 is 0 Å². The molecule has 2 nitrogen and oxygen atoms in total. The molecule has 1 unspecified atom stereocenters. The Morgan fingerprint density at radius 3 is 2.21 bits per heavy atom. The molecule has 0 aromatic heterocycles. The van der Waals surface area contributed by atoms with Crippen molar-refractivity contribution in [2.45, 2.75) is 19.4 Å². The first-order valence-corrected chi connectivity index (χ1v) is 4.97. The second-order valence-electron chi connectivity index (χ2n) is 4.06. The molecular formula is C12H16O2. The van der Waals surface area contributed by atoms with E-state index in [2.05, 4.69) is 26.0 Å². The lowest BCUT2D eigenvalue weighted by molar-refractivity contribution is 0.242. The number of hydrogen-bond donors (Lipinski definition) is 0. The number of rotatable bonds is 3. The van der Waals surface area contributed by atoms with Crippen molar-refractivity contribution in [2.24, 2.45) is 5.92 Å². The van der Waals surface area contributed by atoms with Crippen LogP contribution in [0, 0.1) is 5.92 Å². The summed E-state index contributed by atoms with van der Waals surface area (Å²) in [7, 11) is 1.68. The van der Waals surface area contributed by atoms with E-state index in [0.29, 0.717) is 5.92 Å². The Hall–Kier alpha value is -1.02. The predicted octanol–water partition coefficient (Wildman–Crippen LogP) is 2.58. The average Bonchev–Trinajstić information content (AvgIpc) is 2.99. The summed E-state index contributed by atoms with van der Waals surface area (Å²) in [6, 6.07) is 8.15. The van der Waals surface area contributed by atoms with Crippen molar-refractivity contribution >= 4 is 0 Å². The first-order valence-electron chi connectivity index (χ1n) is 4.97. The summed E-state index contributed by atoms with van der Waals surface area (Å²) < 4.78 is 10.7. The Labute approximate surface area is 84.8 Å². The average molecular weight is 192 g/mol. The first-order chi connectivity index (χ1) is 6.69. The molecule has 0 bridgehead atoms. The molecule has 1 aromatic carbocycles. The van der Waals surface area contributed by atoms with Crippen LogP contribution in [0.1, 0.15) is 19.4 Å². The maximum absolute atomic E-state index is 5.58. The van der Waals surface area contributed by atoms with Gasteiger partial charge in [-0.1, -0.05) is 26.0 Å². The molecule has 1 aliphatic heterocycles. The van der Waals surface area contributed by atoms with Gasteiger partial charge in [-0.15, -0.1) is 0 Å². The van der Waals surface area contributed by atoms with E-state index in [1.807, 2.05) is 12.1 Å². The molecule has 2 heteroatoms. The summed E-state index contributed by atoms with van der Waals surface area (Å²) in [6.07, 6.45) is 0. The zero-order valence-corrected chi connectivity index (χ0v) is 8.91. The molecule has 0 spiro atoms. The maximum atomic E-state index is 5.58. The predicted molar refractivity (Wildman–Crippen MR) is 55.5 cm³/mol. The molecule has 0 amide bonds. The smallest absolute Gasteiger partial charge is 0.119 e. The largest absolute Gasteiger partial charge is 0.497 e. The number of epoxide rings is 1. The van der Waals surface area contributed by atoms with Crippen LogP contribution < -0.4 is 4.74 Å². The Morgan fingerprint density at radius 1 is 1.29 bits per heavy atom. The molecule has 0 N–H and O–H groups in total. The van der Waals surface area contributed by atoms with E-state index < -0.39 is 0 Å². The standard InChI is InChI=1S/C12H16O2/c1-9(2)12(8-14-12)10-4-6-11(13-3)7-5-10/h4-7,9H,8H2,1-3H3. The highest BCUT2D eigenvalue weighted by Gasteiger charge is 2.49. The van der Waals surface area contributed by atoms with E-state index in [-0.39, 0.29) is 5.60 Å². The summed E-state index contributed by atoms with van der Waals surface area (Å²) >= 11 is 0. The topological polar surface area (TPSA) is 21.8 Å². The van der Waals surface area contributed by atoms with E-state index in [1.54, 1.807) is 7.11 Å². The van der Waals surface area contributed by atoms with Crippen LogP contribution in [0.3, 0.4) is 0 Å². The third kappa shape index (κ3) is 1.40. The Balaban J connectivity index is 2.25. The normalized spacial score (nSPS) is 25.1. The minimum atomic E-state index is -0.0216. The minimum Gasteiger partial charge on any atom is -0.497 e. The second-order valence-corrected chi connectivity index (χ2v) is 4.06. The molecule has 76 valence electrons. The van der Waals surface area contributed by atoms with Crippen molar-refractivity contribution in [3.05, 3.63) is 29.8 Å². The Morgan fingerprint density at radius 2 is 1.86 bits per heavy atom. The van der Waals surface area contributed by atoms with E-state index in [0.717, 1.165) is 12.4 Å². The van der Waals surface area contributed by atoms with Crippen molar-refractivity contribution in [1.29, 1.82) is 0 Å². The first kappa shape index (κ1) is 9.53. The van der Waals surface area contributed by atoms with Gasteiger partial charge in [0.1, 0.15) is 11.4 Å². The highest BCUT2D eigenvalue weighted by Crippen LogP contribution is 2.45. The van der Waals surface area contributed by atoms with Gasteiger partial charge in [0, 0.05) is 0 Å². The number of benzene rings is 1. The Bertz CT molecular complexity index is 310. The number of methoxy groups -OCH3 is 1. The van der Waals surface area contributed by atoms with Crippen LogP contribution in [0.25, 0.3) is 0 Å². The van der Waals surface area contributed by atoms with Gasteiger partial charge in [-0.3, -0.25) is 0 Å². The fourth-order valence-electron chi connectivity index (χ4n) is 1.78. The fraction of sp³-hybridized carbons (Fsp3) is 0.500. The van der Waals surface area contributed by atoms with Crippen molar-refractivity contribution in [2.75, 3.05) is 13.7 Å². The van der Waals surface area contributed by atoms with Gasteiger partial charge in [-0.2, -0.15) is 0 Å². The molecule has 1 aromatic rings. The van der Waals surface area contributed by atoms with Crippen molar-refractivity contribution in [3.8, 4) is 5.75 Å². The highest BCUT2D eigenvalue weighted by atomic mass is 16.6. The summed E-state index contributed by atoms with van der Waals surface area (Å²) in [4.78, 5) is 0. The van der Waals surface area contributed by atoms with Gasteiger partial charge in [0.2, 0.25) is 0 Å². The molecule has 2 rings (SSSR count). The third-order valence-corrected chi connectivity index (χ3v) is 2.97. The zero-order valence-electron chi connectivity index (χ0n) is 8.91. The molecule has 0 saturated carbocycles. The van der Waals surface area contributed by atoms with Gasteiger partial charge in [0.05, 0.1) is 13.7 Å². The van der Waals surface area contributed by atoms with Crippen LogP contribution in [0.15, 0.2) is 24.3 Å². The van der Waals surface area contributed by atoms with Crippen molar-refractivity contribution in [1.82, 2.24) is 0 Å². The summed E-state index contributed by atoms with van der Waals surface area (Å²) in [5.74, 6) is 1.42. The second kappa shape index (κ2) is 3.28. The lowest BCUT2D eigenvalue weighted by Gasteiger charge is -2.16. The van der Waals surface area contributed by atoms with Gasteiger partial charge in [0.25, 0.3) is 0 Å². The van der Waals surface area contributed by atoms with Crippen molar-refractivity contribution in [3.63, 3.8) is 0 Å². The van der Waals surface area contributed by atoms with Crippen LogP contribution in [0.2, 0.25) is 0 Å². The molecule has 1 fully saturated rings. The molecule has 14 heavy (non-hydrogen) atoms. The minimum absolute atomic E-state index is 0.0216. The van der Waals surface area contributed by atoms with Gasteiger partial charge in [-0.05, 0) is 23.6 Å². The molecule has 1 atom stereocenters. The lowest BCUT2D eigenvalue weighted by atomic mass is 9.89. The SMILES string of the molecule is COc1ccc(C2(C(C)C)CO2)cc1. The molecular weight excluding hydrogens is 176 g/mol. The molecule has 1 aliphatic rings.